The second-order valence-corrected chi connectivity index (χ2v) is 3.92. The van der Waals surface area contributed by atoms with E-state index in [2.05, 4.69) is 10.3 Å². The van der Waals surface area contributed by atoms with Crippen LogP contribution in [-0.4, -0.2) is 24.2 Å². The van der Waals surface area contributed by atoms with Gasteiger partial charge >= 0.3 is 0 Å². The van der Waals surface area contributed by atoms with Gasteiger partial charge in [0, 0.05) is 11.9 Å². The molecule has 4 nitrogen and oxygen atoms in total. The number of amides is 1. The molecule has 1 amide bonds. The van der Waals surface area contributed by atoms with Crippen LogP contribution >= 0.6 is 0 Å². The monoisotopic (exact) mass is 229 g/mol. The second-order valence-electron chi connectivity index (χ2n) is 3.92. The Hall–Kier alpha value is -1.94. The molecule has 0 saturated heterocycles. The number of nitrogens with one attached hydrogen (secondary N) is 1. The molecule has 2 rings (SSSR count). The van der Waals surface area contributed by atoms with E-state index in [4.69, 9.17) is 5.73 Å². The van der Waals surface area contributed by atoms with E-state index in [9.17, 15) is 4.79 Å². The summed E-state index contributed by atoms with van der Waals surface area (Å²) in [6, 6.07) is 9.34. The number of benzene rings is 1. The molecule has 1 heterocycles. The maximum absolute atomic E-state index is 12.2. The first-order valence-corrected chi connectivity index (χ1v) is 5.56. The molecule has 0 radical (unpaired) electrons. The Morgan fingerprint density at radius 3 is 2.71 bits per heavy atom. The molecule has 1 aliphatic heterocycles. The van der Waals surface area contributed by atoms with Crippen molar-refractivity contribution in [1.82, 2.24) is 0 Å². The van der Waals surface area contributed by atoms with Crippen LogP contribution in [0.15, 0.2) is 47.5 Å². The molecule has 1 aliphatic rings. The minimum absolute atomic E-state index is 0.140. The van der Waals surface area contributed by atoms with E-state index in [0.717, 1.165) is 5.69 Å². The summed E-state index contributed by atoms with van der Waals surface area (Å²) in [6.07, 6.45) is 5.72. The van der Waals surface area contributed by atoms with Crippen molar-refractivity contribution in [3.8, 4) is 0 Å². The molecular weight excluding hydrogens is 214 g/mol. The standard InChI is InChI=1S/C13H15N3O/c14-9-8-13(7-4-10-15-13)12(17)16-11-5-2-1-3-6-11/h1-7,10H,8-9,14H2,(H,16,17). The molecule has 0 aliphatic carbocycles. The molecule has 4 heteroatoms. The summed E-state index contributed by atoms with van der Waals surface area (Å²) >= 11 is 0. The lowest BCUT2D eigenvalue weighted by Crippen LogP contribution is -2.40. The third-order valence-corrected chi connectivity index (χ3v) is 2.71. The molecule has 0 aromatic heterocycles. The van der Waals surface area contributed by atoms with Crippen LogP contribution in [0.25, 0.3) is 0 Å². The minimum Gasteiger partial charge on any atom is -0.330 e. The van der Waals surface area contributed by atoms with Crippen LogP contribution in [0.4, 0.5) is 5.69 Å². The molecular formula is C13H15N3O. The average Bonchev–Trinajstić information content (AvgIpc) is 2.81. The van der Waals surface area contributed by atoms with Crippen LogP contribution in [0.1, 0.15) is 6.42 Å². The third kappa shape index (κ3) is 2.42. The van der Waals surface area contributed by atoms with Gasteiger partial charge in [-0.05, 0) is 37.3 Å². The predicted molar refractivity (Wildman–Crippen MR) is 69.1 cm³/mol. The van der Waals surface area contributed by atoms with Gasteiger partial charge in [0.15, 0.2) is 5.54 Å². The van der Waals surface area contributed by atoms with E-state index in [1.807, 2.05) is 30.3 Å². The van der Waals surface area contributed by atoms with E-state index in [0.29, 0.717) is 13.0 Å². The van der Waals surface area contributed by atoms with Gasteiger partial charge in [-0.3, -0.25) is 9.79 Å². The van der Waals surface area contributed by atoms with Gasteiger partial charge in [-0.1, -0.05) is 18.2 Å². The lowest BCUT2D eigenvalue weighted by Gasteiger charge is -2.22. The summed E-state index contributed by atoms with van der Waals surface area (Å²) in [5.41, 5.74) is 5.48. The lowest BCUT2D eigenvalue weighted by molar-refractivity contribution is -0.119. The molecule has 1 atom stereocenters. The third-order valence-electron chi connectivity index (χ3n) is 2.71. The number of hydrogen-bond acceptors (Lipinski definition) is 3. The fourth-order valence-corrected chi connectivity index (χ4v) is 1.80. The van der Waals surface area contributed by atoms with Crippen LogP contribution in [0.2, 0.25) is 0 Å². The van der Waals surface area contributed by atoms with Gasteiger partial charge in [0.05, 0.1) is 0 Å². The first-order chi connectivity index (χ1) is 8.27. The van der Waals surface area contributed by atoms with Crippen molar-refractivity contribution in [2.75, 3.05) is 11.9 Å². The number of nitrogens with zero attached hydrogens (tertiary/aromatic N) is 1. The molecule has 0 bridgehead atoms. The number of carbonyl (C=O) groups excluding carboxylic acids is 1. The van der Waals surface area contributed by atoms with E-state index < -0.39 is 5.54 Å². The number of hydrogen-bond donors (Lipinski definition) is 2. The van der Waals surface area contributed by atoms with E-state index in [1.165, 1.54) is 0 Å². The fourth-order valence-electron chi connectivity index (χ4n) is 1.80. The number of anilines is 1. The Labute approximate surface area is 100 Å². The van der Waals surface area contributed by atoms with Gasteiger partial charge in [0.1, 0.15) is 0 Å². The Kier molecular flexibility index (Phi) is 3.35. The van der Waals surface area contributed by atoms with Gasteiger partial charge in [-0.15, -0.1) is 0 Å². The van der Waals surface area contributed by atoms with Crippen molar-refractivity contribution in [1.29, 1.82) is 0 Å². The zero-order valence-corrected chi connectivity index (χ0v) is 9.47. The Bertz CT molecular complexity index is 439. The Morgan fingerprint density at radius 2 is 2.12 bits per heavy atom. The van der Waals surface area contributed by atoms with Crippen molar-refractivity contribution in [2.24, 2.45) is 10.7 Å². The Balaban J connectivity index is 2.14. The topological polar surface area (TPSA) is 67.5 Å². The SMILES string of the molecule is NCCC1(C(=O)Nc2ccccc2)C=CC=N1. The zero-order chi connectivity index (χ0) is 12.1. The molecule has 0 saturated carbocycles. The van der Waals surface area contributed by atoms with Gasteiger partial charge in [0.2, 0.25) is 0 Å². The smallest absolute Gasteiger partial charge is 0.256 e. The minimum atomic E-state index is -0.829. The van der Waals surface area contributed by atoms with Crippen LogP contribution < -0.4 is 11.1 Å². The van der Waals surface area contributed by atoms with Crippen molar-refractivity contribution >= 4 is 17.8 Å². The van der Waals surface area contributed by atoms with Crippen molar-refractivity contribution < 1.29 is 4.79 Å². The van der Waals surface area contributed by atoms with Gasteiger partial charge in [-0.25, -0.2) is 0 Å². The molecule has 1 unspecified atom stereocenters. The summed E-state index contributed by atoms with van der Waals surface area (Å²) in [6.45, 7) is 0.421. The predicted octanol–water partition coefficient (Wildman–Crippen LogP) is 1.35. The summed E-state index contributed by atoms with van der Waals surface area (Å²) < 4.78 is 0. The summed E-state index contributed by atoms with van der Waals surface area (Å²) in [5.74, 6) is -0.140. The number of nitrogens with two attached hydrogens (primary N) is 1. The van der Waals surface area contributed by atoms with Crippen molar-refractivity contribution in [2.45, 2.75) is 12.0 Å². The highest BCUT2D eigenvalue weighted by atomic mass is 16.2. The Morgan fingerprint density at radius 1 is 1.35 bits per heavy atom. The average molecular weight is 229 g/mol. The normalized spacial score (nSPS) is 21.7. The molecule has 0 fully saturated rings. The highest BCUT2D eigenvalue weighted by molar-refractivity contribution is 6.02. The lowest BCUT2D eigenvalue weighted by atomic mass is 9.95. The van der Waals surface area contributed by atoms with E-state index in [-0.39, 0.29) is 5.91 Å². The second kappa shape index (κ2) is 4.93. The molecule has 0 spiro atoms. The fraction of sp³-hybridized carbons (Fsp3) is 0.231. The molecule has 88 valence electrons. The highest BCUT2D eigenvalue weighted by Gasteiger charge is 2.35. The summed E-state index contributed by atoms with van der Waals surface area (Å²) in [7, 11) is 0. The van der Waals surface area contributed by atoms with E-state index >= 15 is 0 Å². The van der Waals surface area contributed by atoms with Crippen LogP contribution in [0.3, 0.4) is 0 Å². The number of rotatable bonds is 4. The maximum atomic E-state index is 12.2. The van der Waals surface area contributed by atoms with Crippen LogP contribution in [-0.2, 0) is 4.79 Å². The van der Waals surface area contributed by atoms with E-state index in [1.54, 1.807) is 18.4 Å². The summed E-state index contributed by atoms with van der Waals surface area (Å²) in [5, 5.41) is 2.85. The molecule has 3 N–H and O–H groups in total. The number of para-hydroxylation sites is 1. The largest absolute Gasteiger partial charge is 0.330 e. The molecule has 1 aromatic rings. The first-order valence-electron chi connectivity index (χ1n) is 5.56. The first kappa shape index (κ1) is 11.5. The number of carbonyl (C=O) groups is 1. The molecule has 1 aromatic carbocycles. The maximum Gasteiger partial charge on any atom is 0.256 e. The van der Waals surface area contributed by atoms with Crippen LogP contribution in [0.5, 0.6) is 0 Å². The zero-order valence-electron chi connectivity index (χ0n) is 9.47. The molecule has 17 heavy (non-hydrogen) atoms. The van der Waals surface area contributed by atoms with Crippen LogP contribution in [0, 0.1) is 0 Å². The van der Waals surface area contributed by atoms with Crippen molar-refractivity contribution in [3.63, 3.8) is 0 Å². The number of allylic oxidation sites excluding steroid dienone is 1. The summed E-state index contributed by atoms with van der Waals surface area (Å²) in [4.78, 5) is 16.4. The van der Waals surface area contributed by atoms with Gasteiger partial charge in [0.25, 0.3) is 5.91 Å². The van der Waals surface area contributed by atoms with Gasteiger partial charge in [-0.2, -0.15) is 0 Å². The quantitative estimate of drug-likeness (QED) is 0.818. The van der Waals surface area contributed by atoms with Crippen molar-refractivity contribution in [3.05, 3.63) is 42.5 Å². The number of aliphatic imine (C=N–C) groups is 1. The highest BCUT2D eigenvalue weighted by Crippen LogP contribution is 2.23. The van der Waals surface area contributed by atoms with Gasteiger partial charge < -0.3 is 11.1 Å².